The molecule has 3 aromatic carbocycles. The van der Waals surface area contributed by atoms with Gasteiger partial charge in [0.05, 0.1) is 23.8 Å². The van der Waals surface area contributed by atoms with Crippen molar-refractivity contribution in [1.82, 2.24) is 15.2 Å². The van der Waals surface area contributed by atoms with E-state index in [0.717, 1.165) is 16.4 Å². The second kappa shape index (κ2) is 13.1. The number of hydrogen-bond donors (Lipinski definition) is 2. The highest BCUT2D eigenvalue weighted by Gasteiger charge is 2.41. The van der Waals surface area contributed by atoms with Crippen LogP contribution in [-0.2, 0) is 5.92 Å². The molecule has 47 heavy (non-hydrogen) atoms. The highest BCUT2D eigenvalue weighted by molar-refractivity contribution is 9.10. The van der Waals surface area contributed by atoms with Gasteiger partial charge in [-0.1, -0.05) is 78.3 Å². The highest BCUT2D eigenvalue weighted by atomic mass is 79.9. The predicted octanol–water partition coefficient (Wildman–Crippen LogP) is 7.95. The molecule has 2 aliphatic rings. The Balaban J connectivity index is 1.12. The summed E-state index contributed by atoms with van der Waals surface area (Å²) >= 11 is 4.90. The molecular formula is C36H36BrF2N3O4S. The number of fused-ring (bicyclic) bond motifs is 1. The Morgan fingerprint density at radius 1 is 1.09 bits per heavy atom. The van der Waals surface area contributed by atoms with Crippen LogP contribution in [0, 0.1) is 5.41 Å². The van der Waals surface area contributed by atoms with Crippen LogP contribution < -0.4 is 10.1 Å². The zero-order chi connectivity index (χ0) is 33.5. The molecule has 2 aliphatic heterocycles. The van der Waals surface area contributed by atoms with Gasteiger partial charge in [-0.3, -0.25) is 9.59 Å². The van der Waals surface area contributed by atoms with Crippen molar-refractivity contribution in [3.05, 3.63) is 104 Å². The zero-order valence-electron chi connectivity index (χ0n) is 26.3. The number of aromatic nitrogens is 1. The van der Waals surface area contributed by atoms with Crippen LogP contribution in [0.2, 0.25) is 0 Å². The van der Waals surface area contributed by atoms with Gasteiger partial charge in [-0.05, 0) is 42.2 Å². The number of likely N-dealkylation sites (tertiary alicyclic amines) is 1. The fraction of sp³-hybridized carbons (Fsp3) is 0.361. The highest BCUT2D eigenvalue weighted by Crippen LogP contribution is 2.41. The molecule has 1 aromatic heterocycles. The summed E-state index contributed by atoms with van der Waals surface area (Å²) in [6.45, 7) is 6.02. The summed E-state index contributed by atoms with van der Waals surface area (Å²) in [7, 11) is 0. The molecule has 11 heteroatoms. The number of halogens is 3. The number of alkyl halides is 2. The number of aliphatic hydroxyl groups excluding tert-OH is 1. The van der Waals surface area contributed by atoms with Crippen molar-refractivity contribution in [2.24, 2.45) is 5.41 Å². The summed E-state index contributed by atoms with van der Waals surface area (Å²) < 4.78 is 34.3. The van der Waals surface area contributed by atoms with Crippen molar-refractivity contribution in [3.8, 4) is 16.9 Å². The number of rotatable bonds is 6. The second-order valence-corrected chi connectivity index (χ2v) is 14.8. The molecule has 1 saturated heterocycles. The number of aliphatic hydroxyl groups is 1. The van der Waals surface area contributed by atoms with E-state index >= 15 is 0 Å². The average molecular weight is 725 g/mol. The van der Waals surface area contributed by atoms with Crippen LogP contribution in [0.3, 0.4) is 0 Å². The molecule has 246 valence electrons. The van der Waals surface area contributed by atoms with Crippen molar-refractivity contribution < 1.29 is 28.2 Å². The third kappa shape index (κ3) is 6.98. The molecule has 7 nitrogen and oxygen atoms in total. The number of amides is 2. The number of carbonyl (C=O) groups is 2. The summed E-state index contributed by atoms with van der Waals surface area (Å²) in [5, 5.41) is 16.9. The maximum Gasteiger partial charge on any atom is 0.271 e. The molecule has 2 atom stereocenters. The zero-order valence-corrected chi connectivity index (χ0v) is 28.7. The van der Waals surface area contributed by atoms with Crippen molar-refractivity contribution >= 4 is 39.1 Å². The minimum atomic E-state index is -2.94. The van der Waals surface area contributed by atoms with Gasteiger partial charge in [0.15, 0.2) is 0 Å². The van der Waals surface area contributed by atoms with Crippen molar-refractivity contribution in [2.45, 2.75) is 57.6 Å². The third-order valence-electron chi connectivity index (χ3n) is 9.06. The van der Waals surface area contributed by atoms with E-state index in [1.54, 1.807) is 29.6 Å². The Morgan fingerprint density at radius 2 is 1.79 bits per heavy atom. The molecule has 0 radical (unpaired) electrons. The number of thiazole rings is 1. The molecule has 6 rings (SSSR count). The van der Waals surface area contributed by atoms with Crippen LogP contribution >= 0.6 is 27.3 Å². The first-order valence-electron chi connectivity index (χ1n) is 15.6. The monoisotopic (exact) mass is 723 g/mol. The van der Waals surface area contributed by atoms with E-state index < -0.39 is 23.5 Å². The van der Waals surface area contributed by atoms with Crippen LogP contribution in [-0.4, -0.2) is 52.6 Å². The minimum Gasteiger partial charge on any atom is -0.493 e. The van der Waals surface area contributed by atoms with Crippen LogP contribution in [0.5, 0.6) is 5.75 Å². The first kappa shape index (κ1) is 33.2. The normalized spacial score (nSPS) is 19.8. The van der Waals surface area contributed by atoms with Gasteiger partial charge in [-0.15, -0.1) is 11.3 Å². The van der Waals surface area contributed by atoms with E-state index in [1.165, 1.54) is 23.5 Å². The first-order chi connectivity index (χ1) is 22.3. The van der Waals surface area contributed by atoms with Crippen LogP contribution in [0.1, 0.15) is 82.6 Å². The summed E-state index contributed by atoms with van der Waals surface area (Å²) in [6.07, 6.45) is 0.495. The lowest BCUT2D eigenvalue weighted by Crippen LogP contribution is -2.44. The van der Waals surface area contributed by atoms with Gasteiger partial charge in [0.1, 0.15) is 11.4 Å². The predicted molar refractivity (Wildman–Crippen MR) is 181 cm³/mol. The Morgan fingerprint density at radius 3 is 2.49 bits per heavy atom. The van der Waals surface area contributed by atoms with E-state index in [-0.39, 0.29) is 29.0 Å². The fourth-order valence-corrected chi connectivity index (χ4v) is 7.49. The number of benzene rings is 3. The van der Waals surface area contributed by atoms with E-state index in [0.29, 0.717) is 60.5 Å². The second-order valence-electron chi connectivity index (χ2n) is 13.0. The molecule has 2 N–H and O–H groups in total. The largest absolute Gasteiger partial charge is 0.493 e. The standard InChI is InChI=1S/C36H36BrF2N3O4S/c1-35(2)20-46-29-18-24(37)12-13-27(29)30(31(35)43)41-32(44)28-19-47-33(40-28)22-14-16-42(17-15-22)34(45)26-7-5-4-6-25(26)21-8-10-23(11-9-21)36(3,38)39/h4-13,18-19,22,30-31,43H,14-17,20H2,1-3H3,(H,41,44). The third-order valence-corrected chi connectivity index (χ3v) is 10.6. The summed E-state index contributed by atoms with van der Waals surface area (Å²) in [6, 6.07) is 18.2. The molecule has 0 aliphatic carbocycles. The van der Waals surface area contributed by atoms with E-state index in [4.69, 9.17) is 4.74 Å². The molecule has 0 spiro atoms. The van der Waals surface area contributed by atoms with Crippen LogP contribution in [0.25, 0.3) is 11.1 Å². The number of carbonyl (C=O) groups excluding carboxylic acids is 2. The smallest absolute Gasteiger partial charge is 0.271 e. The van der Waals surface area contributed by atoms with Crippen molar-refractivity contribution in [1.29, 1.82) is 0 Å². The van der Waals surface area contributed by atoms with Gasteiger partial charge >= 0.3 is 0 Å². The minimum absolute atomic E-state index is 0.0748. The molecule has 0 saturated carbocycles. The topological polar surface area (TPSA) is 91.8 Å². The maximum atomic E-state index is 13.7. The number of hydrogen-bond acceptors (Lipinski definition) is 6. The first-order valence-corrected chi connectivity index (χ1v) is 17.2. The van der Waals surface area contributed by atoms with Crippen LogP contribution in [0.4, 0.5) is 8.78 Å². The number of piperidine rings is 1. The van der Waals surface area contributed by atoms with E-state index in [9.17, 15) is 23.5 Å². The molecule has 4 aromatic rings. The van der Waals surface area contributed by atoms with Crippen LogP contribution in [0.15, 0.2) is 76.6 Å². The SMILES string of the molecule is CC(F)(F)c1ccc(-c2ccccc2C(=O)N2CCC(c3nc(C(=O)NC4c5ccc(Br)cc5OCC(C)(C)C4O)cs3)CC2)cc1. The Labute approximate surface area is 285 Å². The molecule has 2 amide bonds. The van der Waals surface area contributed by atoms with Gasteiger partial charge < -0.3 is 20.1 Å². The average Bonchev–Trinajstić information content (AvgIpc) is 3.53. The van der Waals surface area contributed by atoms with Gasteiger partial charge in [0, 0.05) is 57.9 Å². The van der Waals surface area contributed by atoms with Crippen molar-refractivity contribution in [3.63, 3.8) is 0 Å². The summed E-state index contributed by atoms with van der Waals surface area (Å²) in [4.78, 5) is 33.6. The van der Waals surface area contributed by atoms with Crippen molar-refractivity contribution in [2.75, 3.05) is 19.7 Å². The molecule has 0 bridgehead atoms. The van der Waals surface area contributed by atoms with Gasteiger partial charge in [0.2, 0.25) is 0 Å². The number of ether oxygens (including phenoxy) is 1. The van der Waals surface area contributed by atoms with E-state index in [2.05, 4.69) is 26.2 Å². The Kier molecular flexibility index (Phi) is 9.26. The lowest BCUT2D eigenvalue weighted by atomic mass is 9.81. The fourth-order valence-electron chi connectivity index (χ4n) is 6.18. The maximum absolute atomic E-state index is 13.7. The lowest BCUT2D eigenvalue weighted by molar-refractivity contribution is 0.000653. The number of nitrogens with zero attached hydrogens (tertiary/aromatic N) is 2. The summed E-state index contributed by atoms with van der Waals surface area (Å²) in [5.41, 5.74) is 2.23. The van der Waals surface area contributed by atoms with Gasteiger partial charge in [-0.25, -0.2) is 13.8 Å². The van der Waals surface area contributed by atoms with Gasteiger partial charge in [-0.2, -0.15) is 0 Å². The molecular weight excluding hydrogens is 688 g/mol. The molecule has 1 fully saturated rings. The Hall–Kier alpha value is -3.67. The van der Waals surface area contributed by atoms with Gasteiger partial charge in [0.25, 0.3) is 17.7 Å². The quantitative estimate of drug-likeness (QED) is 0.211. The summed E-state index contributed by atoms with van der Waals surface area (Å²) in [5.74, 6) is -2.71. The lowest BCUT2D eigenvalue weighted by Gasteiger charge is -2.32. The number of nitrogens with one attached hydrogen (secondary N) is 1. The Bertz CT molecular complexity index is 1780. The molecule has 3 heterocycles. The molecule has 2 unspecified atom stereocenters. The van der Waals surface area contributed by atoms with E-state index in [1.807, 2.05) is 49.1 Å².